The van der Waals surface area contributed by atoms with E-state index in [2.05, 4.69) is 27.6 Å². The molecule has 8 N–H and O–H groups in total. The highest BCUT2D eigenvalue weighted by molar-refractivity contribution is 7.47. The van der Waals surface area contributed by atoms with Gasteiger partial charge in [0.05, 0.1) is 6.61 Å². The van der Waals surface area contributed by atoms with Gasteiger partial charge in [-0.3, -0.25) is 27.7 Å². The third-order valence-corrected chi connectivity index (χ3v) is 7.74. The van der Waals surface area contributed by atoms with Crippen LogP contribution in [-0.4, -0.2) is 108 Å². The number of carbonyl (C=O) groups excluding carboxylic acids is 2. The molecule has 2 unspecified atom stereocenters. The Morgan fingerprint density at radius 1 is 0.492 bits per heavy atom. The second-order valence-electron chi connectivity index (χ2n) is 10.1. The van der Waals surface area contributed by atoms with Crippen LogP contribution in [0.2, 0.25) is 0 Å². The number of phosphoric acid groups is 3. The quantitative estimate of drug-likeness (QED) is 0.0213. The van der Waals surface area contributed by atoms with Gasteiger partial charge in [-0.25, -0.2) is 13.7 Å². The molecule has 374 valence electrons. The summed E-state index contributed by atoms with van der Waals surface area (Å²) in [5.41, 5.74) is 0. The Morgan fingerprint density at radius 2 is 0.841 bits per heavy atom. The third kappa shape index (κ3) is 30.9. The molecule has 19 nitrogen and oxygen atoms in total. The molecular weight excluding hydrogens is 889 g/mol. The standard InChI is InChI=1S/C41H81O19P3/c1-3-5-7-9-11-13-15-17-19-21-23-25-27-29-34(42)55-31-33(57-35(43)30-28-26-24-22-20-18-16-14-12-10-8-6-4-2)32-56-63(53,54)60-39-36(44)37(45)40(58-61(47,48)49)41(38(39)46)59-62(50,51)52/h33,36-41,44-46H,3-32H2,1-2H3,(H,53,54)(H2,47,48,49)(H2,50,51,52)/t33?,36-,37+,38+,39-,40-,41-/m1/s1/i1D3,2D3,3D2,4D2,5D2,6D2,7D2,8D2,9D2,10D2,11D2,12D2,13D2,14D2,15D2,16D2,17D2,18D2,19D2,20D2,21D2,22D2,23D2,24D2,25D2,26D2,27D2,28D2,29D2,30D2. The average molecular weight is 1030 g/mol. The number of ether oxygens (including phenoxy) is 2. The van der Waals surface area contributed by atoms with Crippen molar-refractivity contribution < 1.29 is 176 Å². The van der Waals surface area contributed by atoms with Gasteiger partial charge in [0.1, 0.15) is 43.2 Å². The highest BCUT2D eigenvalue weighted by Crippen LogP contribution is 2.51. The van der Waals surface area contributed by atoms with Crippen molar-refractivity contribution in [2.45, 2.75) is 235 Å². The Kier molecular flexibility index (Phi) is 8.24. The van der Waals surface area contributed by atoms with Crippen molar-refractivity contribution in [1.82, 2.24) is 0 Å². The van der Waals surface area contributed by atoms with Crippen LogP contribution in [0.25, 0.3) is 0 Å². The van der Waals surface area contributed by atoms with Crippen molar-refractivity contribution in [2.24, 2.45) is 0 Å². The maximum Gasteiger partial charge on any atom is 0.472 e. The van der Waals surface area contributed by atoms with E-state index in [1.165, 1.54) is 0 Å². The minimum absolute atomic E-state index is 2.52. The summed E-state index contributed by atoms with van der Waals surface area (Å²) >= 11 is 0. The van der Waals surface area contributed by atoms with E-state index >= 15 is 0 Å². The van der Waals surface area contributed by atoms with Gasteiger partial charge in [0, 0.05) is 97.7 Å². The summed E-state index contributed by atoms with van der Waals surface area (Å²) in [6.45, 7) is -13.8. The maximum absolute atomic E-state index is 14.2. The van der Waals surface area contributed by atoms with E-state index in [4.69, 9.17) is 85.0 Å². The highest BCUT2D eigenvalue weighted by atomic mass is 31.2. The minimum Gasteiger partial charge on any atom is -0.462 e. The van der Waals surface area contributed by atoms with Crippen LogP contribution in [0.1, 0.15) is 277 Å². The molecule has 1 aliphatic carbocycles. The van der Waals surface area contributed by atoms with E-state index in [1.807, 2.05) is 0 Å². The van der Waals surface area contributed by atoms with Crippen LogP contribution >= 0.6 is 23.5 Å². The van der Waals surface area contributed by atoms with E-state index in [0.29, 0.717) is 0 Å². The topological polar surface area (TPSA) is 303 Å². The van der Waals surface area contributed by atoms with Gasteiger partial charge in [-0.1, -0.05) is 167 Å². The molecule has 0 saturated heterocycles. The zero-order chi connectivity index (χ0) is 102. The van der Waals surface area contributed by atoms with Gasteiger partial charge < -0.3 is 49.3 Å². The summed E-state index contributed by atoms with van der Waals surface area (Å²) < 4.78 is 574. The van der Waals surface area contributed by atoms with Gasteiger partial charge in [0.15, 0.2) is 6.10 Å². The maximum atomic E-state index is 14.2. The van der Waals surface area contributed by atoms with E-state index < -0.39 is 283 Å². The molecule has 1 saturated carbocycles. The fraction of sp³-hybridized carbons (Fsp3) is 0.951. The SMILES string of the molecule is [2H]C([2H])([2H])C([2H])([2H])C([2H])([2H])C([2H])([2H])C([2H])([2H])C([2H])([2H])C([2H])([2H])C([2H])([2H])C([2H])([2H])C([2H])([2H])C([2H])([2H])C([2H])([2H])C([2H])([2H])C([2H])([2H])C([2H])([2H])C(=O)OCC(COP(=O)(O)O[C@@H]1[C@H](O)[C@H](O)[C@@H](OP(=O)(O)O)[C@H](OP(=O)(O)O)[C@H]1O)OC(=O)C([2H])([2H])C([2H])([2H])C([2H])([2H])C([2H])([2H])C([2H])([2H])C([2H])([2H])C([2H])([2H])C([2H])([2H])C([2H])([2H])C([2H])([2H])C([2H])([2H])C([2H])([2H])C([2H])([2H])C([2H])([2H])C([2H])([2H])[2H]. The second kappa shape index (κ2) is 34.4. The van der Waals surface area contributed by atoms with Crippen LogP contribution in [0.5, 0.6) is 0 Å². The molecule has 0 aromatic carbocycles. The first kappa shape index (κ1) is 15.1. The summed E-state index contributed by atoms with van der Waals surface area (Å²) in [5.74, 6) is -6.66. The second-order valence-corrected chi connectivity index (χ2v) is 13.8. The largest absolute Gasteiger partial charge is 0.472 e. The molecule has 0 aromatic heterocycles. The molecule has 8 atom stereocenters. The molecule has 22 heteroatoms. The fourth-order valence-corrected chi connectivity index (χ4v) is 5.66. The van der Waals surface area contributed by atoms with Crippen molar-refractivity contribution in [3.8, 4) is 0 Å². The Morgan fingerprint density at radius 3 is 1.24 bits per heavy atom. The zero-order valence-electron chi connectivity index (χ0n) is 92.9. The average Bonchev–Trinajstić information content (AvgIpc) is 0.679. The van der Waals surface area contributed by atoms with Gasteiger partial charge in [0.2, 0.25) is 0 Å². The van der Waals surface area contributed by atoms with Gasteiger partial charge in [0.25, 0.3) is 0 Å². The van der Waals surface area contributed by atoms with Crippen LogP contribution in [0.15, 0.2) is 0 Å². The van der Waals surface area contributed by atoms with Crippen molar-refractivity contribution in [3.63, 3.8) is 0 Å². The smallest absolute Gasteiger partial charge is 0.462 e. The normalized spacial score (nSPS) is 43.5. The molecule has 0 radical (unpaired) electrons. The van der Waals surface area contributed by atoms with E-state index in [9.17, 15) is 63.1 Å². The van der Waals surface area contributed by atoms with Crippen LogP contribution in [0, 0.1) is 0 Å². The number of hydrogen-bond acceptors (Lipinski definition) is 14. The minimum atomic E-state index is -6.79. The highest BCUT2D eigenvalue weighted by Gasteiger charge is 2.56. The first-order valence-corrected chi connectivity index (χ1v) is 20.3. The fourth-order valence-electron chi connectivity index (χ4n) is 3.57. The molecule has 1 rings (SSSR count). The summed E-state index contributed by atoms with van der Waals surface area (Å²) in [6, 6.07) is 0. The molecular formula is C41H81O19P3. The predicted molar refractivity (Wildman–Crippen MR) is 234 cm³/mol. The Balaban J connectivity index is 4.51. The van der Waals surface area contributed by atoms with Gasteiger partial charge in [-0.15, -0.1) is 0 Å². The molecule has 0 bridgehead atoms. The lowest BCUT2D eigenvalue weighted by Gasteiger charge is -2.44. The van der Waals surface area contributed by atoms with Crippen LogP contribution in [0.3, 0.4) is 0 Å². The molecule has 0 heterocycles. The lowest BCUT2D eigenvalue weighted by atomic mass is 9.85. The van der Waals surface area contributed by atoms with Crippen molar-refractivity contribution >= 4 is 35.4 Å². The molecule has 1 fully saturated rings. The number of aliphatic hydroxyl groups excluding tert-OH is 3. The summed E-state index contributed by atoms with van der Waals surface area (Å²) in [5, 5.41) is 32.4. The predicted octanol–water partition coefficient (Wildman–Crippen LogP) is 7.96. The first-order chi connectivity index (χ1) is 53.1. The van der Waals surface area contributed by atoms with Crippen molar-refractivity contribution in [2.75, 3.05) is 13.2 Å². The van der Waals surface area contributed by atoms with Crippen molar-refractivity contribution in [1.29, 1.82) is 0 Å². The van der Waals surface area contributed by atoms with Gasteiger partial charge in [-0.2, -0.15) is 0 Å². The third-order valence-electron chi connectivity index (χ3n) is 5.72. The zero-order valence-corrected chi connectivity index (χ0v) is 33.5. The van der Waals surface area contributed by atoms with Crippen LogP contribution < -0.4 is 0 Å². The van der Waals surface area contributed by atoms with Crippen LogP contribution in [0.4, 0.5) is 0 Å². The Hall–Kier alpha value is -0.850. The lowest BCUT2D eigenvalue weighted by Crippen LogP contribution is -2.65. The molecule has 0 spiro atoms. The van der Waals surface area contributed by atoms with Crippen LogP contribution in [-0.2, 0) is 50.9 Å². The molecule has 0 aliphatic heterocycles. The summed E-state index contributed by atoms with van der Waals surface area (Å²) in [4.78, 5) is 76.7. The van der Waals surface area contributed by atoms with Gasteiger partial charge >= 0.3 is 35.4 Å². The summed E-state index contributed by atoms with van der Waals surface area (Å²) in [7, 11) is -19.1. The van der Waals surface area contributed by atoms with Gasteiger partial charge in [-0.05, 0) is 12.7 Å². The number of carbonyl (C=O) groups is 2. The molecule has 0 amide bonds. The number of hydrogen-bond donors (Lipinski definition) is 8. The van der Waals surface area contributed by atoms with Crippen molar-refractivity contribution in [3.05, 3.63) is 0 Å². The lowest BCUT2D eigenvalue weighted by molar-refractivity contribution is -0.213. The van der Waals surface area contributed by atoms with E-state index in [1.54, 1.807) is 0 Å². The Labute approximate surface area is 461 Å². The first-order valence-electron chi connectivity index (χ1n) is 46.7. The van der Waals surface area contributed by atoms with E-state index in [0.717, 1.165) is 0 Å². The Bertz CT molecular complexity index is 4030. The number of phosphoric ester groups is 3. The number of aliphatic hydroxyl groups is 3. The van der Waals surface area contributed by atoms with E-state index in [-0.39, 0.29) is 0 Å². The molecule has 63 heavy (non-hydrogen) atoms. The number of esters is 2. The number of rotatable bonds is 40. The molecule has 1 aliphatic rings. The molecule has 0 aromatic rings. The summed E-state index contributed by atoms with van der Waals surface area (Å²) in [6.07, 6.45) is -174. The monoisotopic (exact) mass is 1030 g/mol.